The van der Waals surface area contributed by atoms with Gasteiger partial charge in [0.25, 0.3) is 0 Å². The molecule has 0 spiro atoms. The Hall–Kier alpha value is -2.62. The summed E-state index contributed by atoms with van der Waals surface area (Å²) in [5.74, 6) is 0.125. The second kappa shape index (κ2) is 8.85. The molecule has 5 heteroatoms. The van der Waals surface area contributed by atoms with E-state index in [1.165, 1.54) is 0 Å². The van der Waals surface area contributed by atoms with E-state index in [-0.39, 0.29) is 33.0 Å². The number of amides is 1. The molecule has 0 bridgehead atoms. The Morgan fingerprint density at radius 3 is 2.44 bits per heavy atom. The molecule has 0 atom stereocenters. The van der Waals surface area contributed by atoms with Gasteiger partial charge in [0, 0.05) is 0 Å². The predicted octanol–water partition coefficient (Wildman–Crippen LogP) is 4.38. The van der Waals surface area contributed by atoms with Crippen LogP contribution >= 0.6 is 0 Å². The summed E-state index contributed by atoms with van der Waals surface area (Å²) >= 11 is 0.0782. The number of ether oxygens (including phenoxy) is 1. The van der Waals surface area contributed by atoms with Crippen molar-refractivity contribution in [2.24, 2.45) is 0 Å². The van der Waals surface area contributed by atoms with E-state index in [9.17, 15) is 9.59 Å². The first-order chi connectivity index (χ1) is 13.0. The van der Waals surface area contributed by atoms with Gasteiger partial charge in [0.1, 0.15) is 0 Å². The van der Waals surface area contributed by atoms with Crippen molar-refractivity contribution in [3.05, 3.63) is 81.2 Å². The monoisotopic (exact) mass is 427 g/mol. The zero-order valence-corrected chi connectivity index (χ0v) is 17.1. The van der Waals surface area contributed by atoms with Gasteiger partial charge in [0.05, 0.1) is 0 Å². The number of nitrogens with zero attached hydrogens (tertiary/aromatic N) is 1. The fraction of sp³-hybridized carbons (Fsp3) is 0.182. The molecule has 0 unspecified atom stereocenters. The molecule has 2 aromatic carbocycles. The molecule has 0 saturated carbocycles. The molecular formula is C22H21NO3Se. The fourth-order valence-corrected chi connectivity index (χ4v) is 4.45. The summed E-state index contributed by atoms with van der Waals surface area (Å²) in [6, 6.07) is 19.5. The Balaban J connectivity index is 1.69. The summed E-state index contributed by atoms with van der Waals surface area (Å²) in [5, 5.41) is 0. The van der Waals surface area contributed by atoms with E-state index in [1.54, 1.807) is 18.9 Å². The summed E-state index contributed by atoms with van der Waals surface area (Å²) in [6.07, 6.45) is -0.363. The first-order valence-electron chi connectivity index (χ1n) is 8.64. The Morgan fingerprint density at radius 1 is 1.04 bits per heavy atom. The average Bonchev–Trinajstić information content (AvgIpc) is 3.17. The number of benzene rings is 2. The minimum absolute atomic E-state index is 0.0782. The van der Waals surface area contributed by atoms with E-state index < -0.39 is 0 Å². The molecule has 138 valence electrons. The van der Waals surface area contributed by atoms with E-state index in [0.29, 0.717) is 6.54 Å². The van der Waals surface area contributed by atoms with Gasteiger partial charge in [0.2, 0.25) is 0 Å². The Bertz CT molecular complexity index is 933. The topological polar surface area (TPSA) is 46.6 Å². The Morgan fingerprint density at radius 2 is 1.74 bits per heavy atom. The van der Waals surface area contributed by atoms with Crippen LogP contribution in [0.5, 0.6) is 0 Å². The third-order valence-electron chi connectivity index (χ3n) is 4.20. The molecule has 0 aliphatic heterocycles. The summed E-state index contributed by atoms with van der Waals surface area (Å²) in [7, 11) is 1.73. The van der Waals surface area contributed by atoms with Gasteiger partial charge >= 0.3 is 159 Å². The molecule has 1 heterocycles. The van der Waals surface area contributed by atoms with Crippen LogP contribution in [0.1, 0.15) is 27.3 Å². The van der Waals surface area contributed by atoms with E-state index >= 15 is 0 Å². The molecule has 3 aromatic rings. The molecule has 0 aliphatic rings. The van der Waals surface area contributed by atoms with E-state index in [2.05, 4.69) is 4.94 Å². The molecule has 0 N–H and O–H groups in total. The van der Waals surface area contributed by atoms with Crippen molar-refractivity contribution in [3.8, 4) is 11.1 Å². The van der Waals surface area contributed by atoms with Crippen LogP contribution in [0.15, 0.2) is 65.6 Å². The van der Waals surface area contributed by atoms with Gasteiger partial charge in [-0.25, -0.2) is 0 Å². The van der Waals surface area contributed by atoms with Crippen molar-refractivity contribution in [3.63, 3.8) is 0 Å². The van der Waals surface area contributed by atoms with Gasteiger partial charge in [-0.3, -0.25) is 0 Å². The van der Waals surface area contributed by atoms with Crippen molar-refractivity contribution in [1.29, 1.82) is 0 Å². The molecule has 0 radical (unpaired) electrons. The van der Waals surface area contributed by atoms with E-state index in [0.717, 1.165) is 26.7 Å². The number of Topliss-reactive ketones (excluding diaryl/α,β-unsaturated/α-hetero) is 1. The van der Waals surface area contributed by atoms with E-state index in [1.807, 2.05) is 60.7 Å². The van der Waals surface area contributed by atoms with Crippen molar-refractivity contribution < 1.29 is 14.3 Å². The third kappa shape index (κ3) is 4.97. The van der Waals surface area contributed by atoms with Crippen LogP contribution in [-0.2, 0) is 17.9 Å². The average molecular weight is 426 g/mol. The molecule has 27 heavy (non-hydrogen) atoms. The van der Waals surface area contributed by atoms with E-state index in [4.69, 9.17) is 4.74 Å². The number of carbonyl (C=O) groups excluding carboxylic acids is 2. The van der Waals surface area contributed by atoms with Crippen LogP contribution in [-0.4, -0.2) is 38.3 Å². The number of hydrogen-bond donors (Lipinski definition) is 0. The standard InChI is InChI=1S/C22H21NO3Se/c1-16(24)21-12-19(15-27-21)20-11-7-6-10-18(20)13-23(2)22(25)26-14-17-8-4-3-5-9-17/h3-12,15H,13-14H2,1-2H3. The zero-order valence-electron chi connectivity index (χ0n) is 15.3. The normalized spacial score (nSPS) is 10.4. The summed E-state index contributed by atoms with van der Waals surface area (Å²) in [5.41, 5.74) is 4.10. The SMILES string of the molecule is CC(=O)c1cc(-c2ccccc2CN(C)C(=O)OCc2ccccc2)c[se]1. The Labute approximate surface area is 165 Å². The van der Waals surface area contributed by atoms with Crippen LogP contribution in [0.25, 0.3) is 11.1 Å². The maximum atomic E-state index is 12.3. The van der Waals surface area contributed by atoms with Gasteiger partial charge in [-0.1, -0.05) is 6.07 Å². The predicted molar refractivity (Wildman–Crippen MR) is 107 cm³/mol. The molecule has 1 amide bonds. The van der Waals surface area contributed by atoms with Gasteiger partial charge < -0.3 is 0 Å². The molecule has 4 nitrogen and oxygen atoms in total. The second-order valence-electron chi connectivity index (χ2n) is 6.31. The number of hydrogen-bond acceptors (Lipinski definition) is 3. The van der Waals surface area contributed by atoms with Crippen molar-refractivity contribution in [2.75, 3.05) is 7.05 Å². The summed E-state index contributed by atoms with van der Waals surface area (Å²) in [6.45, 7) is 2.30. The van der Waals surface area contributed by atoms with Crippen LogP contribution < -0.4 is 0 Å². The van der Waals surface area contributed by atoms with Gasteiger partial charge in [-0.15, -0.1) is 0 Å². The number of ketones is 1. The summed E-state index contributed by atoms with van der Waals surface area (Å²) < 4.78 is 6.27. The van der Waals surface area contributed by atoms with Crippen molar-refractivity contribution in [1.82, 2.24) is 4.90 Å². The number of rotatable bonds is 6. The molecular weight excluding hydrogens is 405 g/mol. The second-order valence-corrected chi connectivity index (χ2v) is 8.22. The van der Waals surface area contributed by atoms with Crippen molar-refractivity contribution in [2.45, 2.75) is 20.1 Å². The van der Waals surface area contributed by atoms with Crippen LogP contribution in [0.4, 0.5) is 4.79 Å². The Kier molecular flexibility index (Phi) is 6.28. The van der Waals surface area contributed by atoms with Crippen molar-refractivity contribution >= 4 is 26.4 Å². The van der Waals surface area contributed by atoms with Gasteiger partial charge in [0.15, 0.2) is 0 Å². The molecule has 3 rings (SSSR count). The number of carbonyl (C=O) groups is 2. The van der Waals surface area contributed by atoms with Gasteiger partial charge in [-0.05, 0) is 0 Å². The van der Waals surface area contributed by atoms with Crippen LogP contribution in [0, 0.1) is 0 Å². The third-order valence-corrected chi connectivity index (χ3v) is 6.36. The first kappa shape index (κ1) is 19.1. The molecule has 0 aliphatic carbocycles. The quantitative estimate of drug-likeness (QED) is 0.434. The first-order valence-corrected chi connectivity index (χ1v) is 10.5. The van der Waals surface area contributed by atoms with Crippen LogP contribution in [0.2, 0.25) is 0 Å². The molecule has 0 saturated heterocycles. The fourth-order valence-electron chi connectivity index (χ4n) is 2.75. The zero-order chi connectivity index (χ0) is 19.2. The van der Waals surface area contributed by atoms with Crippen LogP contribution in [0.3, 0.4) is 0 Å². The minimum atomic E-state index is -0.363. The van der Waals surface area contributed by atoms with Gasteiger partial charge in [-0.2, -0.15) is 0 Å². The summed E-state index contributed by atoms with van der Waals surface area (Å²) in [4.78, 5) is 27.6. The molecule has 0 fully saturated rings. The maximum absolute atomic E-state index is 12.3. The molecule has 1 aromatic heterocycles.